The number of esters is 2. The van der Waals surface area contributed by atoms with Crippen LogP contribution < -0.4 is 5.32 Å². The third-order valence-corrected chi connectivity index (χ3v) is 5.48. The fourth-order valence-corrected chi connectivity index (χ4v) is 4.29. The maximum atomic E-state index is 12.8. The van der Waals surface area contributed by atoms with Crippen molar-refractivity contribution in [3.63, 3.8) is 0 Å². The molecular formula is C20H21NO5S. The molecule has 27 heavy (non-hydrogen) atoms. The van der Waals surface area contributed by atoms with Crippen molar-refractivity contribution in [2.24, 2.45) is 0 Å². The molecule has 142 valence electrons. The summed E-state index contributed by atoms with van der Waals surface area (Å²) in [4.78, 5) is 37.5. The van der Waals surface area contributed by atoms with E-state index in [0.29, 0.717) is 10.6 Å². The number of carbonyl (C=O) groups excluding carboxylic acids is 3. The van der Waals surface area contributed by atoms with Crippen LogP contribution in [-0.2, 0) is 38.5 Å². The van der Waals surface area contributed by atoms with Crippen LogP contribution in [0.25, 0.3) is 0 Å². The Kier molecular flexibility index (Phi) is 6.24. The Labute approximate surface area is 161 Å². The van der Waals surface area contributed by atoms with E-state index in [-0.39, 0.29) is 13.2 Å². The number of hydrogen-bond donors (Lipinski definition) is 1. The van der Waals surface area contributed by atoms with Crippen molar-refractivity contribution >= 4 is 34.2 Å². The highest BCUT2D eigenvalue weighted by Gasteiger charge is 2.28. The molecule has 1 heterocycles. The molecule has 1 aromatic heterocycles. The normalized spacial score (nSPS) is 12.8. The maximum absolute atomic E-state index is 12.8. The minimum Gasteiger partial charge on any atom is -0.459 e. The van der Waals surface area contributed by atoms with E-state index in [0.717, 1.165) is 41.7 Å². The number of hydrogen-bond acceptors (Lipinski definition) is 6. The van der Waals surface area contributed by atoms with Gasteiger partial charge in [-0.2, -0.15) is 0 Å². The number of ether oxygens (including phenoxy) is 2. The lowest BCUT2D eigenvalue weighted by Gasteiger charge is -2.13. The average Bonchev–Trinajstić information content (AvgIpc) is 3.05. The third-order valence-electron chi connectivity index (χ3n) is 4.28. The van der Waals surface area contributed by atoms with Crippen molar-refractivity contribution in [1.29, 1.82) is 0 Å². The number of aryl methyl sites for hydroxylation is 1. The predicted molar refractivity (Wildman–Crippen MR) is 102 cm³/mol. The van der Waals surface area contributed by atoms with E-state index in [4.69, 9.17) is 9.47 Å². The van der Waals surface area contributed by atoms with Gasteiger partial charge in [-0.3, -0.25) is 4.79 Å². The molecule has 0 saturated carbocycles. The lowest BCUT2D eigenvalue weighted by Crippen LogP contribution is -2.25. The van der Waals surface area contributed by atoms with E-state index in [9.17, 15) is 14.4 Å². The quantitative estimate of drug-likeness (QED) is 0.627. The summed E-state index contributed by atoms with van der Waals surface area (Å²) in [6.07, 6.45) is 3.64. The molecule has 2 aromatic rings. The molecule has 0 spiro atoms. The van der Waals surface area contributed by atoms with Crippen molar-refractivity contribution < 1.29 is 23.9 Å². The lowest BCUT2D eigenvalue weighted by atomic mass is 9.95. The number of benzene rings is 1. The molecular weight excluding hydrogens is 366 g/mol. The summed E-state index contributed by atoms with van der Waals surface area (Å²) in [5.74, 6) is -2.34. The van der Waals surface area contributed by atoms with Crippen LogP contribution in [0.5, 0.6) is 0 Å². The SMILES string of the molecule is CCOC(=O)C(=O)Nc1sc2c(c1C(=O)OCc1ccccc1)CCCC2. The van der Waals surface area contributed by atoms with E-state index < -0.39 is 17.8 Å². The first kappa shape index (κ1) is 19.1. The van der Waals surface area contributed by atoms with Gasteiger partial charge >= 0.3 is 17.8 Å². The highest BCUT2D eigenvalue weighted by Crippen LogP contribution is 2.38. The standard InChI is InChI=1S/C20H21NO5S/c1-2-25-20(24)17(22)21-18-16(14-10-6-7-11-15(14)27-18)19(23)26-12-13-8-4-3-5-9-13/h3-5,8-9H,2,6-7,10-12H2,1H3,(H,21,22). The van der Waals surface area contributed by atoms with Gasteiger partial charge in [-0.15, -0.1) is 11.3 Å². The first-order valence-electron chi connectivity index (χ1n) is 8.93. The summed E-state index contributed by atoms with van der Waals surface area (Å²) in [5, 5.41) is 2.89. The average molecular weight is 387 g/mol. The lowest BCUT2D eigenvalue weighted by molar-refractivity contribution is -0.152. The molecule has 7 heteroatoms. The summed E-state index contributed by atoms with van der Waals surface area (Å²) >= 11 is 1.34. The Hall–Kier alpha value is -2.67. The van der Waals surface area contributed by atoms with Gasteiger partial charge in [-0.25, -0.2) is 9.59 Å². The second kappa shape index (κ2) is 8.81. The van der Waals surface area contributed by atoms with Gasteiger partial charge < -0.3 is 14.8 Å². The molecule has 0 unspecified atom stereocenters. The number of fused-ring (bicyclic) bond motifs is 1. The third kappa shape index (κ3) is 4.54. The molecule has 3 rings (SSSR count). The number of rotatable bonds is 5. The van der Waals surface area contributed by atoms with Crippen LogP contribution in [0.1, 0.15) is 46.1 Å². The number of anilines is 1. The van der Waals surface area contributed by atoms with Crippen molar-refractivity contribution in [3.05, 3.63) is 51.9 Å². The zero-order valence-corrected chi connectivity index (χ0v) is 15.9. The van der Waals surface area contributed by atoms with Gasteiger partial charge in [-0.05, 0) is 43.7 Å². The molecule has 0 fully saturated rings. The summed E-state index contributed by atoms with van der Waals surface area (Å²) in [7, 11) is 0. The molecule has 1 N–H and O–H groups in total. The molecule has 6 nitrogen and oxygen atoms in total. The predicted octanol–water partition coefficient (Wildman–Crippen LogP) is 3.49. The van der Waals surface area contributed by atoms with E-state index in [1.807, 2.05) is 30.3 Å². The molecule has 1 amide bonds. The first-order chi connectivity index (χ1) is 13.1. The molecule has 1 aliphatic carbocycles. The molecule has 0 aliphatic heterocycles. The minimum absolute atomic E-state index is 0.110. The number of thiophene rings is 1. The van der Waals surface area contributed by atoms with Gasteiger partial charge in [0.05, 0.1) is 12.2 Å². The van der Waals surface area contributed by atoms with E-state index >= 15 is 0 Å². The summed E-state index contributed by atoms with van der Waals surface area (Å²) in [5.41, 5.74) is 2.17. The van der Waals surface area contributed by atoms with Gasteiger partial charge in [0.2, 0.25) is 0 Å². The van der Waals surface area contributed by atoms with Crippen LogP contribution in [0.3, 0.4) is 0 Å². The summed E-state index contributed by atoms with van der Waals surface area (Å²) < 4.78 is 10.2. The highest BCUT2D eigenvalue weighted by atomic mass is 32.1. The number of nitrogens with one attached hydrogen (secondary N) is 1. The van der Waals surface area contributed by atoms with Gasteiger partial charge in [0.25, 0.3) is 0 Å². The van der Waals surface area contributed by atoms with Crippen molar-refractivity contribution in [1.82, 2.24) is 0 Å². The summed E-state index contributed by atoms with van der Waals surface area (Å²) in [6, 6.07) is 9.39. The van der Waals surface area contributed by atoms with Crippen molar-refractivity contribution in [3.8, 4) is 0 Å². The number of amides is 1. The highest BCUT2D eigenvalue weighted by molar-refractivity contribution is 7.17. The topological polar surface area (TPSA) is 81.7 Å². The minimum atomic E-state index is -0.965. The van der Waals surface area contributed by atoms with Crippen LogP contribution in [0.4, 0.5) is 5.00 Å². The second-order valence-corrected chi connectivity index (χ2v) is 7.26. The second-order valence-electron chi connectivity index (χ2n) is 6.15. The smallest absolute Gasteiger partial charge is 0.397 e. The first-order valence-corrected chi connectivity index (χ1v) is 9.75. The van der Waals surface area contributed by atoms with Crippen molar-refractivity contribution in [2.45, 2.75) is 39.2 Å². The van der Waals surface area contributed by atoms with Crippen molar-refractivity contribution in [2.75, 3.05) is 11.9 Å². The maximum Gasteiger partial charge on any atom is 0.397 e. The van der Waals surface area contributed by atoms with E-state index in [1.165, 1.54) is 11.3 Å². The van der Waals surface area contributed by atoms with Crippen LogP contribution in [0, 0.1) is 0 Å². The summed E-state index contributed by atoms with van der Waals surface area (Å²) in [6.45, 7) is 1.89. The fourth-order valence-electron chi connectivity index (χ4n) is 3.02. The molecule has 0 atom stereocenters. The largest absolute Gasteiger partial charge is 0.459 e. The molecule has 0 bridgehead atoms. The fraction of sp³-hybridized carbons (Fsp3) is 0.350. The zero-order valence-electron chi connectivity index (χ0n) is 15.1. The van der Waals surface area contributed by atoms with Crippen LogP contribution in [0.15, 0.2) is 30.3 Å². The van der Waals surface area contributed by atoms with Gasteiger partial charge in [0.15, 0.2) is 0 Å². The number of carbonyl (C=O) groups is 3. The molecule has 0 radical (unpaired) electrons. The zero-order chi connectivity index (χ0) is 19.2. The van der Waals surface area contributed by atoms with Gasteiger partial charge in [0, 0.05) is 4.88 Å². The van der Waals surface area contributed by atoms with E-state index in [2.05, 4.69) is 5.32 Å². The molecule has 0 saturated heterocycles. The van der Waals surface area contributed by atoms with Crippen LogP contribution in [-0.4, -0.2) is 24.5 Å². The molecule has 1 aromatic carbocycles. The van der Waals surface area contributed by atoms with E-state index in [1.54, 1.807) is 6.92 Å². The van der Waals surface area contributed by atoms with Crippen LogP contribution >= 0.6 is 11.3 Å². The Morgan fingerprint density at radius 1 is 1.07 bits per heavy atom. The molecule has 1 aliphatic rings. The Morgan fingerprint density at radius 2 is 1.81 bits per heavy atom. The van der Waals surface area contributed by atoms with Gasteiger partial charge in [-0.1, -0.05) is 30.3 Å². The van der Waals surface area contributed by atoms with Gasteiger partial charge in [0.1, 0.15) is 11.6 Å². The Morgan fingerprint density at radius 3 is 2.56 bits per heavy atom. The Balaban J connectivity index is 1.81. The Bertz CT molecular complexity index is 844. The monoisotopic (exact) mass is 387 g/mol. The van der Waals surface area contributed by atoms with Crippen LogP contribution in [0.2, 0.25) is 0 Å².